The van der Waals surface area contributed by atoms with Crippen LogP contribution in [0, 0.1) is 17.7 Å². The van der Waals surface area contributed by atoms with Gasteiger partial charge in [0, 0.05) is 18.7 Å². The summed E-state index contributed by atoms with van der Waals surface area (Å²) >= 11 is 0. The minimum absolute atomic E-state index is 0.238. The predicted molar refractivity (Wildman–Crippen MR) is 71.1 cm³/mol. The first-order chi connectivity index (χ1) is 9.86. The van der Waals surface area contributed by atoms with Gasteiger partial charge in [0.25, 0.3) is 0 Å². The zero-order chi connectivity index (χ0) is 15.6. The van der Waals surface area contributed by atoms with Crippen LogP contribution in [0.2, 0.25) is 0 Å². The van der Waals surface area contributed by atoms with Crippen molar-refractivity contribution in [2.75, 3.05) is 19.7 Å². The van der Waals surface area contributed by atoms with E-state index >= 15 is 0 Å². The number of aliphatic hydroxyl groups is 3. The Kier molecular flexibility index (Phi) is 4.61. The smallest absolute Gasteiger partial charge is 0.246 e. The maximum atomic E-state index is 14.0. The molecule has 8 heteroatoms. The van der Waals surface area contributed by atoms with Gasteiger partial charge in [-0.25, -0.2) is 12.8 Å². The highest BCUT2D eigenvalue weighted by atomic mass is 32.2. The van der Waals surface area contributed by atoms with Crippen LogP contribution in [-0.2, 0) is 10.0 Å². The molecule has 3 N–H and O–H groups in total. The molecule has 2 atom stereocenters. The maximum Gasteiger partial charge on any atom is 0.246 e. The first-order valence-electron chi connectivity index (χ1n) is 6.12. The van der Waals surface area contributed by atoms with Crippen LogP contribution in [0.25, 0.3) is 0 Å². The number of rotatable bonds is 2. The standard InChI is InChI=1S/C13H14FNO5S/c14-10-6-9(2-1-5-16)3-4-13(10)21(19,20)15-7-11(17)12(18)8-15/h3-4,6,11-12,16-18H,5,7-8H2. The topological polar surface area (TPSA) is 98.1 Å². The molecule has 1 aliphatic heterocycles. The molecule has 1 saturated heterocycles. The van der Waals surface area contributed by atoms with Gasteiger partial charge in [-0.1, -0.05) is 11.8 Å². The Morgan fingerprint density at radius 1 is 1.29 bits per heavy atom. The average molecular weight is 315 g/mol. The molecule has 1 fully saturated rings. The molecule has 114 valence electrons. The maximum absolute atomic E-state index is 14.0. The Labute approximate surface area is 121 Å². The lowest BCUT2D eigenvalue weighted by atomic mass is 10.2. The van der Waals surface area contributed by atoms with Crippen molar-refractivity contribution in [1.82, 2.24) is 4.31 Å². The van der Waals surface area contributed by atoms with E-state index in [1.165, 1.54) is 6.07 Å². The van der Waals surface area contributed by atoms with Crippen LogP contribution >= 0.6 is 0 Å². The molecular formula is C13H14FNO5S. The lowest BCUT2D eigenvalue weighted by Crippen LogP contribution is -2.30. The molecule has 1 heterocycles. The molecule has 0 bridgehead atoms. The fourth-order valence-electron chi connectivity index (χ4n) is 2.00. The quantitative estimate of drug-likeness (QED) is 0.602. The van der Waals surface area contributed by atoms with Gasteiger partial charge in [-0.05, 0) is 18.2 Å². The van der Waals surface area contributed by atoms with E-state index in [1.807, 2.05) is 0 Å². The Morgan fingerprint density at radius 2 is 1.90 bits per heavy atom. The lowest BCUT2D eigenvalue weighted by Gasteiger charge is -2.16. The molecule has 0 aromatic heterocycles. The summed E-state index contributed by atoms with van der Waals surface area (Å²) in [5.74, 6) is 3.82. The van der Waals surface area contributed by atoms with Crippen LogP contribution in [0.1, 0.15) is 5.56 Å². The third-order valence-corrected chi connectivity index (χ3v) is 4.95. The summed E-state index contributed by atoms with van der Waals surface area (Å²) in [6.45, 7) is -0.949. The molecule has 1 aromatic carbocycles. The van der Waals surface area contributed by atoms with Crippen LogP contribution in [0.4, 0.5) is 4.39 Å². The van der Waals surface area contributed by atoms with E-state index in [9.17, 15) is 23.0 Å². The SMILES string of the molecule is O=S(=O)(c1ccc(C#CCO)cc1F)N1CC(O)C(O)C1. The molecule has 2 unspecified atom stereocenters. The first-order valence-corrected chi connectivity index (χ1v) is 7.56. The van der Waals surface area contributed by atoms with Gasteiger partial charge in [0.1, 0.15) is 17.3 Å². The van der Waals surface area contributed by atoms with Crippen molar-refractivity contribution in [1.29, 1.82) is 0 Å². The van der Waals surface area contributed by atoms with Crippen molar-refractivity contribution in [3.63, 3.8) is 0 Å². The normalized spacial score (nSPS) is 22.9. The molecule has 1 aliphatic rings. The number of halogens is 1. The van der Waals surface area contributed by atoms with Gasteiger partial charge in [0.15, 0.2) is 0 Å². The Hall–Kier alpha value is -1.50. The minimum atomic E-state index is -4.13. The van der Waals surface area contributed by atoms with Crippen molar-refractivity contribution < 1.29 is 28.1 Å². The Bertz CT molecular complexity index is 684. The minimum Gasteiger partial charge on any atom is -0.389 e. The zero-order valence-electron chi connectivity index (χ0n) is 10.9. The fourth-order valence-corrected chi connectivity index (χ4v) is 3.52. The van der Waals surface area contributed by atoms with E-state index in [-0.39, 0.29) is 25.3 Å². The molecule has 0 spiro atoms. The number of hydrogen-bond acceptors (Lipinski definition) is 5. The number of benzene rings is 1. The number of aliphatic hydroxyl groups excluding tert-OH is 3. The number of hydrogen-bond donors (Lipinski definition) is 3. The number of nitrogens with zero attached hydrogens (tertiary/aromatic N) is 1. The molecule has 6 nitrogen and oxygen atoms in total. The fraction of sp³-hybridized carbons (Fsp3) is 0.385. The van der Waals surface area contributed by atoms with E-state index < -0.39 is 32.9 Å². The van der Waals surface area contributed by atoms with E-state index in [0.717, 1.165) is 16.4 Å². The van der Waals surface area contributed by atoms with Gasteiger partial charge >= 0.3 is 0 Å². The first kappa shape index (κ1) is 15.9. The van der Waals surface area contributed by atoms with Crippen LogP contribution < -0.4 is 0 Å². The summed E-state index contributed by atoms with van der Waals surface area (Å²) < 4.78 is 39.3. The third kappa shape index (κ3) is 3.23. The second kappa shape index (κ2) is 6.09. The highest BCUT2D eigenvalue weighted by molar-refractivity contribution is 7.89. The summed E-state index contributed by atoms with van der Waals surface area (Å²) in [5, 5.41) is 27.4. The van der Waals surface area contributed by atoms with Crippen LogP contribution in [0.15, 0.2) is 23.1 Å². The monoisotopic (exact) mass is 315 g/mol. The molecule has 21 heavy (non-hydrogen) atoms. The highest BCUT2D eigenvalue weighted by Gasteiger charge is 2.38. The van der Waals surface area contributed by atoms with E-state index in [2.05, 4.69) is 11.8 Å². The second-order valence-electron chi connectivity index (χ2n) is 4.56. The number of β-amino-alcohol motifs (C(OH)–C–C–N with tert-alkyl or cyclic N) is 2. The summed E-state index contributed by atoms with van der Waals surface area (Å²) in [4.78, 5) is -0.543. The summed E-state index contributed by atoms with van der Waals surface area (Å²) in [5.41, 5.74) is 0.238. The van der Waals surface area contributed by atoms with E-state index in [0.29, 0.717) is 0 Å². The van der Waals surface area contributed by atoms with E-state index in [4.69, 9.17) is 5.11 Å². The van der Waals surface area contributed by atoms with Gasteiger partial charge in [-0.2, -0.15) is 4.31 Å². The third-order valence-electron chi connectivity index (χ3n) is 3.09. The van der Waals surface area contributed by atoms with Crippen LogP contribution in [0.3, 0.4) is 0 Å². The molecule has 0 aliphatic carbocycles. The van der Waals surface area contributed by atoms with Crippen molar-refractivity contribution in [2.24, 2.45) is 0 Å². The molecule has 0 radical (unpaired) electrons. The summed E-state index contributed by atoms with van der Waals surface area (Å²) in [7, 11) is -4.13. The zero-order valence-corrected chi connectivity index (χ0v) is 11.7. The van der Waals surface area contributed by atoms with E-state index in [1.54, 1.807) is 0 Å². The molecule has 1 aromatic rings. The predicted octanol–water partition coefficient (Wildman–Crippen LogP) is -1.10. The van der Waals surface area contributed by atoms with Crippen molar-refractivity contribution in [3.8, 4) is 11.8 Å². The van der Waals surface area contributed by atoms with Gasteiger partial charge in [0.2, 0.25) is 10.0 Å². The van der Waals surface area contributed by atoms with Gasteiger partial charge in [-0.3, -0.25) is 0 Å². The second-order valence-corrected chi connectivity index (χ2v) is 6.47. The largest absolute Gasteiger partial charge is 0.389 e. The van der Waals surface area contributed by atoms with Crippen LogP contribution in [-0.4, -0.2) is 59.9 Å². The highest BCUT2D eigenvalue weighted by Crippen LogP contribution is 2.24. The van der Waals surface area contributed by atoms with Crippen molar-refractivity contribution in [2.45, 2.75) is 17.1 Å². The van der Waals surface area contributed by atoms with Gasteiger partial charge in [0.05, 0.1) is 12.2 Å². The Morgan fingerprint density at radius 3 is 2.43 bits per heavy atom. The van der Waals surface area contributed by atoms with Crippen molar-refractivity contribution >= 4 is 10.0 Å². The van der Waals surface area contributed by atoms with Crippen LogP contribution in [0.5, 0.6) is 0 Å². The summed E-state index contributed by atoms with van der Waals surface area (Å²) in [6, 6.07) is 3.35. The average Bonchev–Trinajstić information content (AvgIpc) is 2.77. The number of sulfonamides is 1. The Balaban J connectivity index is 2.33. The molecule has 0 amide bonds. The van der Waals surface area contributed by atoms with Gasteiger partial charge < -0.3 is 15.3 Å². The van der Waals surface area contributed by atoms with Gasteiger partial charge in [-0.15, -0.1) is 0 Å². The molecular weight excluding hydrogens is 301 g/mol. The summed E-state index contributed by atoms with van der Waals surface area (Å²) in [6.07, 6.45) is -2.37. The lowest BCUT2D eigenvalue weighted by molar-refractivity contribution is 0.0572. The molecule has 2 rings (SSSR count). The van der Waals surface area contributed by atoms with Crippen molar-refractivity contribution in [3.05, 3.63) is 29.6 Å². The molecule has 0 saturated carbocycles.